The van der Waals surface area contributed by atoms with Crippen LogP contribution >= 0.6 is 34.8 Å². The maximum Gasteiger partial charge on any atom is 0.335 e. The van der Waals surface area contributed by atoms with Gasteiger partial charge in [-0.2, -0.15) is 0 Å². The molecule has 0 saturated carbocycles. The number of nitrogens with one attached hydrogen (secondary N) is 1. The van der Waals surface area contributed by atoms with E-state index in [0.29, 0.717) is 5.56 Å². The zero-order valence-electron chi connectivity index (χ0n) is 14.7. The van der Waals surface area contributed by atoms with Crippen LogP contribution in [0.15, 0.2) is 54.6 Å². The van der Waals surface area contributed by atoms with Gasteiger partial charge in [-0.3, -0.25) is 14.9 Å². The van der Waals surface area contributed by atoms with E-state index in [0.717, 1.165) is 4.90 Å². The van der Waals surface area contributed by atoms with Crippen molar-refractivity contribution in [1.82, 2.24) is 5.32 Å². The number of imide groups is 2. The minimum atomic E-state index is -0.894. The van der Waals surface area contributed by atoms with Gasteiger partial charge in [-0.15, -0.1) is 0 Å². The second-order valence-electron chi connectivity index (χ2n) is 5.82. The van der Waals surface area contributed by atoms with Gasteiger partial charge >= 0.3 is 6.03 Å². The van der Waals surface area contributed by atoms with E-state index in [1.54, 1.807) is 12.1 Å². The average molecular weight is 452 g/mol. The topological polar surface area (TPSA) is 75.7 Å². The Kier molecular flexibility index (Phi) is 6.27. The maximum atomic E-state index is 12.9. The number of para-hydroxylation sites is 1. The molecule has 4 amide bonds. The lowest BCUT2D eigenvalue weighted by atomic mass is 10.1. The van der Waals surface area contributed by atoms with Crippen LogP contribution < -0.4 is 15.0 Å². The second-order valence-corrected chi connectivity index (χ2v) is 7.04. The number of nitrogens with zero attached hydrogens (tertiary/aromatic N) is 1. The Morgan fingerprint density at radius 1 is 1.03 bits per heavy atom. The molecule has 1 saturated heterocycles. The van der Waals surface area contributed by atoms with Crippen molar-refractivity contribution in [2.24, 2.45) is 0 Å². The van der Waals surface area contributed by atoms with Crippen LogP contribution in [0.25, 0.3) is 6.08 Å². The molecular weight excluding hydrogens is 439 g/mol. The summed E-state index contributed by atoms with van der Waals surface area (Å²) in [5.41, 5.74) is 0.244. The second kappa shape index (κ2) is 8.69. The van der Waals surface area contributed by atoms with Crippen LogP contribution in [-0.2, 0) is 9.59 Å². The first-order valence-corrected chi connectivity index (χ1v) is 9.35. The number of urea groups is 1. The highest BCUT2D eigenvalue weighted by Gasteiger charge is 2.37. The summed E-state index contributed by atoms with van der Waals surface area (Å²) in [6, 6.07) is 8.36. The Morgan fingerprint density at radius 2 is 1.69 bits per heavy atom. The molecule has 0 bridgehead atoms. The first kappa shape index (κ1) is 20.9. The highest BCUT2D eigenvalue weighted by Crippen LogP contribution is 2.35. The van der Waals surface area contributed by atoms with Gasteiger partial charge in [-0.25, -0.2) is 9.69 Å². The molecule has 1 heterocycles. The lowest BCUT2D eigenvalue weighted by molar-refractivity contribution is -0.122. The number of rotatable bonds is 5. The third kappa shape index (κ3) is 4.29. The monoisotopic (exact) mass is 450 g/mol. The fourth-order valence-corrected chi connectivity index (χ4v) is 3.45. The van der Waals surface area contributed by atoms with E-state index in [4.69, 9.17) is 39.5 Å². The zero-order valence-corrected chi connectivity index (χ0v) is 17.0. The van der Waals surface area contributed by atoms with Gasteiger partial charge in [0.15, 0.2) is 5.75 Å². The van der Waals surface area contributed by atoms with Crippen LogP contribution in [0.4, 0.5) is 10.5 Å². The predicted molar refractivity (Wildman–Crippen MR) is 113 cm³/mol. The number of anilines is 1. The van der Waals surface area contributed by atoms with E-state index in [1.807, 2.05) is 0 Å². The molecule has 0 aromatic heterocycles. The van der Waals surface area contributed by atoms with Gasteiger partial charge < -0.3 is 4.74 Å². The summed E-state index contributed by atoms with van der Waals surface area (Å²) >= 11 is 18.5. The van der Waals surface area contributed by atoms with Crippen LogP contribution in [-0.4, -0.2) is 24.5 Å². The standard InChI is InChI=1S/C20H13Cl3N2O4/c1-2-7-29-17-14(22)9-11(10-15(17)23)8-12-18(26)24-20(28)25(19(12)27)16-6-4-3-5-13(16)21/h2-6,8-10H,1,7H2,(H,24,26,28)/b12-8+. The molecule has 1 aliphatic heterocycles. The van der Waals surface area contributed by atoms with Gasteiger partial charge in [0.1, 0.15) is 12.2 Å². The molecule has 1 N–H and O–H groups in total. The normalized spacial score (nSPS) is 15.5. The van der Waals surface area contributed by atoms with Crippen molar-refractivity contribution in [3.63, 3.8) is 0 Å². The molecule has 1 aliphatic rings. The SMILES string of the molecule is C=CCOc1c(Cl)cc(/C=C2\C(=O)NC(=O)N(c3ccccc3Cl)C2=O)cc1Cl. The van der Waals surface area contributed by atoms with Gasteiger partial charge in [-0.05, 0) is 35.9 Å². The summed E-state index contributed by atoms with van der Waals surface area (Å²) in [5.74, 6) is -1.42. The number of hydrogen-bond donors (Lipinski definition) is 1. The van der Waals surface area contributed by atoms with E-state index in [1.165, 1.54) is 36.4 Å². The third-order valence-electron chi connectivity index (χ3n) is 3.87. The van der Waals surface area contributed by atoms with Crippen molar-refractivity contribution in [3.05, 3.63) is 75.3 Å². The Labute approximate surface area is 181 Å². The molecule has 0 atom stereocenters. The minimum Gasteiger partial charge on any atom is -0.486 e. The predicted octanol–water partition coefficient (Wildman–Crippen LogP) is 4.88. The molecule has 9 heteroatoms. The van der Waals surface area contributed by atoms with E-state index in [-0.39, 0.29) is 38.7 Å². The van der Waals surface area contributed by atoms with E-state index < -0.39 is 17.8 Å². The van der Waals surface area contributed by atoms with Gasteiger partial charge in [0.2, 0.25) is 0 Å². The first-order chi connectivity index (χ1) is 13.8. The van der Waals surface area contributed by atoms with E-state index in [9.17, 15) is 14.4 Å². The van der Waals surface area contributed by atoms with E-state index in [2.05, 4.69) is 11.9 Å². The number of carbonyl (C=O) groups excluding carboxylic acids is 3. The number of amides is 4. The van der Waals surface area contributed by atoms with Crippen LogP contribution in [0.2, 0.25) is 15.1 Å². The molecule has 0 radical (unpaired) electrons. The van der Waals surface area contributed by atoms with Crippen LogP contribution in [0.3, 0.4) is 0 Å². The van der Waals surface area contributed by atoms with Crippen molar-refractivity contribution in [2.75, 3.05) is 11.5 Å². The number of barbiturate groups is 1. The summed E-state index contributed by atoms with van der Waals surface area (Å²) in [7, 11) is 0. The fraction of sp³-hybridized carbons (Fsp3) is 0.0500. The summed E-state index contributed by atoms with van der Waals surface area (Å²) in [6.45, 7) is 3.75. The smallest absolute Gasteiger partial charge is 0.335 e. The van der Waals surface area contributed by atoms with Crippen LogP contribution in [0.1, 0.15) is 5.56 Å². The largest absolute Gasteiger partial charge is 0.486 e. The average Bonchev–Trinajstić information content (AvgIpc) is 2.66. The first-order valence-electron chi connectivity index (χ1n) is 8.22. The molecule has 0 unspecified atom stereocenters. The molecule has 0 aliphatic carbocycles. The van der Waals surface area contributed by atoms with Crippen molar-refractivity contribution in [1.29, 1.82) is 0 Å². The number of ether oxygens (including phenoxy) is 1. The van der Waals surface area contributed by atoms with Gasteiger partial charge in [0, 0.05) is 0 Å². The highest BCUT2D eigenvalue weighted by atomic mass is 35.5. The van der Waals surface area contributed by atoms with Crippen LogP contribution in [0, 0.1) is 0 Å². The maximum absolute atomic E-state index is 12.9. The Bertz CT molecular complexity index is 1040. The lowest BCUT2D eigenvalue weighted by Crippen LogP contribution is -2.54. The Morgan fingerprint density at radius 3 is 2.31 bits per heavy atom. The van der Waals surface area contributed by atoms with Crippen molar-refractivity contribution < 1.29 is 19.1 Å². The number of halogens is 3. The Hall–Kier alpha value is -2.80. The number of benzene rings is 2. The number of carbonyl (C=O) groups is 3. The van der Waals surface area contributed by atoms with Crippen molar-refractivity contribution >= 4 is 64.4 Å². The summed E-state index contributed by atoms with van der Waals surface area (Å²) in [5, 5.41) is 2.68. The van der Waals surface area contributed by atoms with Crippen molar-refractivity contribution in [3.8, 4) is 5.75 Å². The van der Waals surface area contributed by atoms with E-state index >= 15 is 0 Å². The summed E-state index contributed by atoms with van der Waals surface area (Å²) in [4.78, 5) is 38.2. The highest BCUT2D eigenvalue weighted by molar-refractivity contribution is 6.42. The molecule has 3 rings (SSSR count). The molecule has 0 spiro atoms. The summed E-state index contributed by atoms with van der Waals surface area (Å²) < 4.78 is 5.39. The van der Waals surface area contributed by atoms with Gasteiger partial charge in [0.25, 0.3) is 11.8 Å². The van der Waals surface area contributed by atoms with Crippen LogP contribution in [0.5, 0.6) is 5.75 Å². The third-order valence-corrected chi connectivity index (χ3v) is 4.75. The number of hydrogen-bond acceptors (Lipinski definition) is 4. The zero-order chi connectivity index (χ0) is 21.1. The van der Waals surface area contributed by atoms with Crippen molar-refractivity contribution in [2.45, 2.75) is 0 Å². The summed E-state index contributed by atoms with van der Waals surface area (Å²) in [6.07, 6.45) is 2.82. The molecule has 2 aromatic rings. The Balaban J connectivity index is 2.01. The molecule has 148 valence electrons. The fourth-order valence-electron chi connectivity index (χ4n) is 2.62. The molecule has 2 aromatic carbocycles. The van der Waals surface area contributed by atoms with Gasteiger partial charge in [0.05, 0.1) is 20.8 Å². The lowest BCUT2D eigenvalue weighted by Gasteiger charge is -2.27. The molecule has 1 fully saturated rings. The molecular formula is C20H13Cl3N2O4. The van der Waals surface area contributed by atoms with Gasteiger partial charge in [-0.1, -0.05) is 59.6 Å². The minimum absolute atomic E-state index is 0.152. The quantitative estimate of drug-likeness (QED) is 0.399. The molecule has 6 nitrogen and oxygen atoms in total. The molecule has 29 heavy (non-hydrogen) atoms.